The molecule has 1 fully saturated rings. The topological polar surface area (TPSA) is 35.9 Å². The third kappa shape index (κ3) is 5.53. The van der Waals surface area contributed by atoms with Gasteiger partial charge in [0.1, 0.15) is 5.75 Å². The van der Waals surface area contributed by atoms with E-state index in [0.717, 1.165) is 73.3 Å². The number of phenols is 1. The number of hydrogen-bond donors (Lipinski definition) is 1. The fourth-order valence-electron chi connectivity index (χ4n) is 5.11. The Morgan fingerprint density at radius 3 is 2.33 bits per heavy atom. The first-order valence-electron chi connectivity index (χ1n) is 11.6. The molecule has 2 atom stereocenters. The van der Waals surface area contributed by atoms with Crippen molar-refractivity contribution < 1.29 is 23.0 Å². The van der Waals surface area contributed by atoms with Gasteiger partial charge in [0, 0.05) is 25.1 Å². The second-order valence-electron chi connectivity index (χ2n) is 9.74. The zero-order chi connectivity index (χ0) is 23.8. The van der Waals surface area contributed by atoms with Crippen molar-refractivity contribution >= 4 is 0 Å². The third-order valence-electron chi connectivity index (χ3n) is 6.99. The normalized spacial score (nSPS) is 22.5. The molecule has 1 N–H and O–H groups in total. The highest BCUT2D eigenvalue weighted by Crippen LogP contribution is 2.41. The summed E-state index contributed by atoms with van der Waals surface area (Å²) in [6.45, 7) is 5.12. The number of fused-ring (bicyclic) bond motifs is 1. The third-order valence-corrected chi connectivity index (χ3v) is 6.99. The first kappa shape index (κ1) is 24.0. The molecule has 1 saturated heterocycles. The number of alkyl halides is 3. The SMILES string of the molecule is Cc1ccc2c(c1O)CC(C1CCN(Cc3ccc(C(F)(F)F)cc3)CC1)OC2CN(C)C. The van der Waals surface area contributed by atoms with E-state index in [1.165, 1.54) is 0 Å². The number of hydrogen-bond acceptors (Lipinski definition) is 4. The van der Waals surface area contributed by atoms with E-state index in [2.05, 4.69) is 15.9 Å². The summed E-state index contributed by atoms with van der Waals surface area (Å²) in [5, 5.41) is 10.7. The molecule has 2 aromatic rings. The summed E-state index contributed by atoms with van der Waals surface area (Å²) in [6, 6.07) is 9.52. The summed E-state index contributed by atoms with van der Waals surface area (Å²) in [5.41, 5.74) is 3.29. The molecule has 2 aliphatic rings. The standard InChI is InChI=1S/C26H33F3N2O2/c1-17-4-9-21-22(25(17)32)14-23(33-24(21)16-30(2)3)19-10-12-31(13-11-19)15-18-5-7-20(8-6-18)26(27,28)29/h4-9,19,23-24,32H,10-16H2,1-3H3. The van der Waals surface area contributed by atoms with Gasteiger partial charge < -0.3 is 14.7 Å². The van der Waals surface area contributed by atoms with Crippen LogP contribution in [0.3, 0.4) is 0 Å². The van der Waals surface area contributed by atoms with Gasteiger partial charge in [-0.1, -0.05) is 24.3 Å². The van der Waals surface area contributed by atoms with Crippen molar-refractivity contribution in [1.82, 2.24) is 9.80 Å². The van der Waals surface area contributed by atoms with Crippen molar-refractivity contribution in [3.05, 3.63) is 64.2 Å². The smallest absolute Gasteiger partial charge is 0.416 e. The quantitative estimate of drug-likeness (QED) is 0.665. The van der Waals surface area contributed by atoms with Gasteiger partial charge >= 0.3 is 6.18 Å². The van der Waals surface area contributed by atoms with Gasteiger partial charge in [0.25, 0.3) is 0 Å². The Morgan fingerprint density at radius 2 is 1.73 bits per heavy atom. The summed E-state index contributed by atoms with van der Waals surface area (Å²) in [6.07, 6.45) is -1.64. The van der Waals surface area contributed by atoms with E-state index in [9.17, 15) is 18.3 Å². The molecule has 2 heterocycles. The molecular weight excluding hydrogens is 429 g/mol. The fraction of sp³-hybridized carbons (Fsp3) is 0.538. The van der Waals surface area contributed by atoms with Gasteiger partial charge in [-0.25, -0.2) is 0 Å². The molecular formula is C26H33F3N2O2. The Bertz CT molecular complexity index is 951. The Labute approximate surface area is 194 Å². The number of nitrogens with zero attached hydrogens (tertiary/aromatic N) is 2. The second-order valence-corrected chi connectivity index (χ2v) is 9.74. The van der Waals surface area contributed by atoms with Crippen LogP contribution in [0, 0.1) is 12.8 Å². The van der Waals surface area contributed by atoms with Gasteiger partial charge in [0.05, 0.1) is 17.8 Å². The Morgan fingerprint density at radius 1 is 1.06 bits per heavy atom. The summed E-state index contributed by atoms with van der Waals surface area (Å²) in [4.78, 5) is 4.41. The molecule has 7 heteroatoms. The summed E-state index contributed by atoms with van der Waals surface area (Å²) in [7, 11) is 4.06. The van der Waals surface area contributed by atoms with Crippen molar-refractivity contribution in [3.8, 4) is 5.75 Å². The van der Waals surface area contributed by atoms with Gasteiger partial charge in [-0.15, -0.1) is 0 Å². The van der Waals surface area contributed by atoms with Crippen LogP contribution in [0.25, 0.3) is 0 Å². The largest absolute Gasteiger partial charge is 0.507 e. The van der Waals surface area contributed by atoms with Gasteiger partial charge in [0.15, 0.2) is 0 Å². The maximum Gasteiger partial charge on any atom is 0.416 e. The van der Waals surface area contributed by atoms with Crippen LogP contribution in [0.5, 0.6) is 5.75 Å². The van der Waals surface area contributed by atoms with Crippen LogP contribution in [-0.2, 0) is 23.9 Å². The first-order valence-corrected chi connectivity index (χ1v) is 11.6. The maximum absolute atomic E-state index is 12.8. The van der Waals surface area contributed by atoms with E-state index in [-0.39, 0.29) is 12.2 Å². The van der Waals surface area contributed by atoms with Gasteiger partial charge in [-0.3, -0.25) is 4.90 Å². The predicted molar refractivity (Wildman–Crippen MR) is 122 cm³/mol. The number of rotatable bonds is 5. The molecule has 4 nitrogen and oxygen atoms in total. The molecule has 33 heavy (non-hydrogen) atoms. The maximum atomic E-state index is 12.8. The van der Waals surface area contributed by atoms with Gasteiger partial charge in [-0.2, -0.15) is 13.2 Å². The molecule has 0 bridgehead atoms. The number of piperidine rings is 1. The lowest BCUT2D eigenvalue weighted by Crippen LogP contribution is -2.42. The number of phenolic OH excluding ortho intramolecular Hbond substituents is 1. The zero-order valence-corrected chi connectivity index (χ0v) is 19.5. The van der Waals surface area contributed by atoms with Crippen LogP contribution in [0.4, 0.5) is 13.2 Å². The van der Waals surface area contributed by atoms with Crippen LogP contribution in [0.2, 0.25) is 0 Å². The lowest BCUT2D eigenvalue weighted by molar-refractivity contribution is -0.137. The number of likely N-dealkylation sites (N-methyl/N-ethyl adjacent to an activating group) is 1. The van der Waals surface area contributed by atoms with Crippen molar-refractivity contribution in [2.24, 2.45) is 5.92 Å². The minimum absolute atomic E-state index is 0.0587. The lowest BCUT2D eigenvalue weighted by Gasteiger charge is -2.41. The van der Waals surface area contributed by atoms with Gasteiger partial charge in [0.2, 0.25) is 0 Å². The molecule has 0 spiro atoms. The van der Waals surface area contributed by atoms with E-state index in [1.807, 2.05) is 27.1 Å². The van der Waals surface area contributed by atoms with Crippen LogP contribution >= 0.6 is 0 Å². The molecule has 0 saturated carbocycles. The van der Waals surface area contributed by atoms with Crippen LogP contribution in [-0.4, -0.2) is 54.7 Å². The molecule has 0 amide bonds. The minimum atomic E-state index is -4.30. The zero-order valence-electron chi connectivity index (χ0n) is 19.5. The van der Waals surface area contributed by atoms with Gasteiger partial charge in [-0.05, 0) is 81.7 Å². The highest BCUT2D eigenvalue weighted by Gasteiger charge is 2.36. The predicted octanol–water partition coefficient (Wildman–Crippen LogP) is 5.18. The summed E-state index contributed by atoms with van der Waals surface area (Å²) in [5.74, 6) is 0.788. The lowest BCUT2D eigenvalue weighted by atomic mass is 9.83. The second kappa shape index (κ2) is 9.65. The number of halogens is 3. The van der Waals surface area contributed by atoms with Crippen LogP contribution in [0.15, 0.2) is 36.4 Å². The molecule has 0 radical (unpaired) electrons. The van der Waals surface area contributed by atoms with Crippen molar-refractivity contribution in [2.45, 2.75) is 51.1 Å². The van der Waals surface area contributed by atoms with E-state index in [4.69, 9.17) is 4.74 Å². The molecule has 2 aromatic carbocycles. The monoisotopic (exact) mass is 462 g/mol. The number of benzene rings is 2. The van der Waals surface area contributed by atoms with E-state index >= 15 is 0 Å². The Kier molecular flexibility index (Phi) is 7.03. The fourth-order valence-corrected chi connectivity index (χ4v) is 5.11. The van der Waals surface area contributed by atoms with Crippen LogP contribution in [0.1, 0.15) is 46.8 Å². The van der Waals surface area contributed by atoms with Crippen molar-refractivity contribution in [3.63, 3.8) is 0 Å². The van der Waals surface area contributed by atoms with E-state index in [0.29, 0.717) is 18.2 Å². The number of aromatic hydroxyl groups is 1. The number of aryl methyl sites for hydroxylation is 1. The Hall–Kier alpha value is -2.09. The highest BCUT2D eigenvalue weighted by atomic mass is 19.4. The average Bonchev–Trinajstić information content (AvgIpc) is 2.76. The summed E-state index contributed by atoms with van der Waals surface area (Å²) < 4.78 is 45.0. The molecule has 180 valence electrons. The van der Waals surface area contributed by atoms with Crippen molar-refractivity contribution in [1.29, 1.82) is 0 Å². The number of ether oxygens (including phenoxy) is 1. The van der Waals surface area contributed by atoms with Crippen LogP contribution < -0.4 is 0 Å². The molecule has 4 rings (SSSR count). The number of likely N-dealkylation sites (tertiary alicyclic amines) is 1. The highest BCUT2D eigenvalue weighted by molar-refractivity contribution is 5.47. The molecule has 0 aliphatic carbocycles. The molecule has 2 aliphatic heterocycles. The average molecular weight is 463 g/mol. The summed E-state index contributed by atoms with van der Waals surface area (Å²) >= 11 is 0. The van der Waals surface area contributed by atoms with Crippen molar-refractivity contribution in [2.75, 3.05) is 33.7 Å². The Balaban J connectivity index is 1.39. The molecule has 0 aromatic heterocycles. The minimum Gasteiger partial charge on any atom is -0.507 e. The van der Waals surface area contributed by atoms with E-state index in [1.54, 1.807) is 12.1 Å². The van der Waals surface area contributed by atoms with E-state index < -0.39 is 11.7 Å². The molecule has 2 unspecified atom stereocenters. The first-order chi connectivity index (χ1) is 15.6.